The van der Waals surface area contributed by atoms with E-state index in [4.69, 9.17) is 14.7 Å². The molecule has 0 fully saturated rings. The zero-order valence-corrected chi connectivity index (χ0v) is 10.8. The predicted molar refractivity (Wildman–Crippen MR) is 62.1 cm³/mol. The van der Waals surface area contributed by atoms with Crippen molar-refractivity contribution in [3.05, 3.63) is 17.9 Å². The van der Waals surface area contributed by atoms with Crippen molar-refractivity contribution in [3.8, 4) is 0 Å². The molecule has 0 N–H and O–H groups in total. The number of esters is 1. The van der Waals surface area contributed by atoms with E-state index < -0.39 is 9.04 Å². The van der Waals surface area contributed by atoms with Gasteiger partial charge in [0.2, 0.25) is 0 Å². The van der Waals surface area contributed by atoms with Crippen LogP contribution in [0.3, 0.4) is 0 Å². The van der Waals surface area contributed by atoms with Crippen LogP contribution in [0.2, 0.25) is 13.1 Å². The Labute approximate surface area is 97.4 Å². The molecule has 6 heteroatoms. The molecule has 16 heavy (non-hydrogen) atoms. The highest BCUT2D eigenvalue weighted by atomic mass is 28.3. The van der Waals surface area contributed by atoms with Gasteiger partial charge in [0, 0.05) is 0 Å². The monoisotopic (exact) mass is 241 g/mol. The third-order valence-corrected chi connectivity index (χ3v) is 2.12. The fourth-order valence-electron chi connectivity index (χ4n) is 0.769. The van der Waals surface area contributed by atoms with Crippen LogP contribution >= 0.6 is 0 Å². The molecule has 1 unspecified atom stereocenters. The average Bonchev–Trinajstić information content (AvgIpc) is 2.22. The molecule has 0 bridgehead atoms. The van der Waals surface area contributed by atoms with Crippen molar-refractivity contribution in [1.29, 1.82) is 0 Å². The van der Waals surface area contributed by atoms with E-state index in [0.29, 0.717) is 0 Å². The van der Waals surface area contributed by atoms with Crippen LogP contribution in [0.15, 0.2) is 12.3 Å². The first kappa shape index (κ1) is 14.6. The molecule has 0 aromatic heterocycles. The molecule has 5 nitrogen and oxygen atoms in total. The van der Waals surface area contributed by atoms with E-state index in [2.05, 4.69) is 4.79 Å². The normalized spacial score (nSPS) is 12.2. The Bertz CT molecular complexity index is 286. The van der Waals surface area contributed by atoms with Crippen LogP contribution in [-0.2, 0) is 14.0 Å². The van der Waals surface area contributed by atoms with E-state index in [1.165, 1.54) is 12.5 Å². The molecule has 0 saturated carbocycles. The quantitative estimate of drug-likeness (QED) is 0.170. The van der Waals surface area contributed by atoms with Gasteiger partial charge in [0.25, 0.3) is 15.3 Å². The summed E-state index contributed by atoms with van der Waals surface area (Å²) >= 11 is 0. The minimum Gasteiger partial charge on any atom is -0.548 e. The lowest BCUT2D eigenvalue weighted by Gasteiger charge is -2.03. The Kier molecular flexibility index (Phi) is 8.11. The fourth-order valence-corrected chi connectivity index (χ4v) is 1.14. The third-order valence-electron chi connectivity index (χ3n) is 1.51. The smallest absolute Gasteiger partial charge is 0.309 e. The van der Waals surface area contributed by atoms with Crippen LogP contribution < -0.4 is 0 Å². The standard InChI is InChI=1S/C10H17N2O3Si/c1-9(7-12-11)8-14-10(13)5-4-6-15-16(2)3/h4,6-7,9H,5,8H2,1-3H3. The highest BCUT2D eigenvalue weighted by Gasteiger charge is 2.06. The van der Waals surface area contributed by atoms with Gasteiger partial charge in [0.1, 0.15) is 6.61 Å². The maximum Gasteiger partial charge on any atom is 0.309 e. The van der Waals surface area contributed by atoms with E-state index in [0.717, 1.165) is 0 Å². The Balaban J connectivity index is 3.66. The minimum atomic E-state index is -0.749. The van der Waals surface area contributed by atoms with Crippen molar-refractivity contribution in [2.75, 3.05) is 6.61 Å². The topological polar surface area (TPSA) is 71.9 Å². The van der Waals surface area contributed by atoms with E-state index in [9.17, 15) is 4.79 Å². The van der Waals surface area contributed by atoms with Gasteiger partial charge in [-0.1, -0.05) is 0 Å². The van der Waals surface area contributed by atoms with Gasteiger partial charge in [-0.3, -0.25) is 4.79 Å². The largest absolute Gasteiger partial charge is 0.548 e. The van der Waals surface area contributed by atoms with Crippen molar-refractivity contribution in [2.45, 2.75) is 26.4 Å². The van der Waals surface area contributed by atoms with Crippen LogP contribution in [0, 0.1) is 5.92 Å². The van der Waals surface area contributed by atoms with Crippen molar-refractivity contribution in [1.82, 2.24) is 0 Å². The van der Waals surface area contributed by atoms with Crippen LogP contribution in [0.4, 0.5) is 0 Å². The molecule has 0 aromatic rings. The molecule has 0 amide bonds. The Morgan fingerprint density at radius 1 is 1.56 bits per heavy atom. The molecule has 0 heterocycles. The van der Waals surface area contributed by atoms with E-state index in [1.54, 1.807) is 13.0 Å². The zero-order chi connectivity index (χ0) is 12.4. The van der Waals surface area contributed by atoms with Gasteiger partial charge in [0.05, 0.1) is 18.6 Å². The van der Waals surface area contributed by atoms with Crippen molar-refractivity contribution < 1.29 is 18.7 Å². The van der Waals surface area contributed by atoms with Gasteiger partial charge in [-0.15, -0.1) is 0 Å². The lowest BCUT2D eigenvalue weighted by molar-refractivity contribution is -0.143. The highest BCUT2D eigenvalue weighted by Crippen LogP contribution is 1.95. The van der Waals surface area contributed by atoms with Gasteiger partial charge in [-0.25, -0.2) is 0 Å². The summed E-state index contributed by atoms with van der Waals surface area (Å²) < 4.78 is 10.1. The fraction of sp³-hybridized carbons (Fsp3) is 0.600. The lowest BCUT2D eigenvalue weighted by Crippen LogP contribution is -2.12. The number of rotatable bonds is 7. The second-order valence-corrected chi connectivity index (χ2v) is 5.58. The van der Waals surface area contributed by atoms with Gasteiger partial charge in [0.15, 0.2) is 0 Å². The summed E-state index contributed by atoms with van der Waals surface area (Å²) in [6.07, 6.45) is 4.67. The molecular weight excluding hydrogens is 224 g/mol. The van der Waals surface area contributed by atoms with Gasteiger partial charge in [-0.2, -0.15) is 4.79 Å². The van der Waals surface area contributed by atoms with E-state index in [1.807, 2.05) is 13.1 Å². The average molecular weight is 241 g/mol. The summed E-state index contributed by atoms with van der Waals surface area (Å²) in [5.74, 6) is -0.408. The molecule has 0 spiro atoms. The molecule has 0 aliphatic heterocycles. The number of carbonyl (C=O) groups excluding carboxylic acids is 1. The number of hydrogen-bond donors (Lipinski definition) is 0. The molecule has 1 radical (unpaired) electrons. The maximum atomic E-state index is 11.2. The van der Waals surface area contributed by atoms with Gasteiger partial charge < -0.3 is 14.7 Å². The van der Waals surface area contributed by atoms with E-state index in [-0.39, 0.29) is 24.9 Å². The van der Waals surface area contributed by atoms with Gasteiger partial charge >= 0.3 is 5.97 Å². The summed E-state index contributed by atoms with van der Waals surface area (Å²) in [6, 6.07) is 0. The molecule has 1 atom stereocenters. The van der Waals surface area contributed by atoms with Crippen molar-refractivity contribution in [3.63, 3.8) is 0 Å². The van der Waals surface area contributed by atoms with E-state index >= 15 is 0 Å². The molecule has 89 valence electrons. The first-order chi connectivity index (χ1) is 7.56. The third kappa shape index (κ3) is 9.17. The van der Waals surface area contributed by atoms with Crippen molar-refractivity contribution >= 4 is 21.2 Å². The first-order valence-corrected chi connectivity index (χ1v) is 7.42. The van der Waals surface area contributed by atoms with Crippen LogP contribution in [0.1, 0.15) is 13.3 Å². The number of nitrogens with zero attached hydrogens (tertiary/aromatic N) is 2. The van der Waals surface area contributed by atoms with Gasteiger partial charge in [-0.05, 0) is 26.1 Å². The zero-order valence-electron chi connectivity index (χ0n) is 9.84. The maximum absolute atomic E-state index is 11.2. The molecule has 0 saturated heterocycles. The first-order valence-electron chi connectivity index (χ1n) is 5.01. The molecular formula is C10H17N2O3Si. The summed E-state index contributed by atoms with van der Waals surface area (Å²) in [4.78, 5) is 14.0. The highest BCUT2D eigenvalue weighted by molar-refractivity contribution is 6.48. The second-order valence-electron chi connectivity index (χ2n) is 3.53. The van der Waals surface area contributed by atoms with Crippen LogP contribution in [0.25, 0.3) is 5.53 Å². The Morgan fingerprint density at radius 2 is 2.25 bits per heavy atom. The number of carbonyl (C=O) groups is 1. The second kappa shape index (κ2) is 8.88. The minimum absolute atomic E-state index is 0.0877. The molecule has 0 rings (SSSR count). The SMILES string of the molecule is CC(C=[N+]=[N-])COC(=O)CC=CO[Si](C)C. The Hall–Kier alpha value is -1.39. The van der Waals surface area contributed by atoms with Crippen molar-refractivity contribution in [2.24, 2.45) is 5.92 Å². The summed E-state index contributed by atoms with van der Waals surface area (Å²) in [7, 11) is -0.749. The molecule has 0 aliphatic rings. The van der Waals surface area contributed by atoms with Crippen LogP contribution in [-0.4, -0.2) is 32.6 Å². The summed E-state index contributed by atoms with van der Waals surface area (Å²) in [5, 5.41) is 0. The van der Waals surface area contributed by atoms with Crippen LogP contribution in [0.5, 0.6) is 0 Å². The Morgan fingerprint density at radius 3 is 2.81 bits per heavy atom. The number of hydrogen-bond acceptors (Lipinski definition) is 3. The molecule has 0 aliphatic carbocycles. The lowest BCUT2D eigenvalue weighted by atomic mass is 10.2. The predicted octanol–water partition coefficient (Wildman–Crippen LogP) is 1.64. The number of ether oxygens (including phenoxy) is 1. The summed E-state index contributed by atoms with van der Waals surface area (Å²) in [5.41, 5.74) is 8.23. The summed E-state index contributed by atoms with van der Waals surface area (Å²) in [6.45, 7) is 6.01. The molecule has 0 aromatic carbocycles.